The van der Waals surface area contributed by atoms with Crippen LogP contribution in [0.5, 0.6) is 5.75 Å². The molecule has 1 aliphatic rings. The molecule has 0 atom stereocenters. The van der Waals surface area contributed by atoms with Crippen LogP contribution in [0.4, 0.5) is 35.9 Å². The Kier molecular flexibility index (Phi) is 6.27. The van der Waals surface area contributed by atoms with E-state index in [9.17, 15) is 32.9 Å². The Morgan fingerprint density at radius 2 is 1.47 bits per heavy atom. The molecule has 0 amide bonds. The van der Waals surface area contributed by atoms with Crippen molar-refractivity contribution >= 4 is 22.7 Å². The van der Waals surface area contributed by atoms with E-state index in [0.29, 0.717) is 31.4 Å². The van der Waals surface area contributed by atoms with Gasteiger partial charge in [0.1, 0.15) is 17.1 Å². The summed E-state index contributed by atoms with van der Waals surface area (Å²) in [5.74, 6) is 0.535. The van der Waals surface area contributed by atoms with Crippen molar-refractivity contribution in [3.05, 3.63) is 84.7 Å². The van der Waals surface area contributed by atoms with E-state index in [1.54, 1.807) is 12.1 Å². The molecule has 1 aliphatic carbocycles. The van der Waals surface area contributed by atoms with E-state index in [0.717, 1.165) is 12.1 Å². The topological polar surface area (TPSA) is 111 Å². The van der Waals surface area contributed by atoms with Gasteiger partial charge in [0.25, 0.3) is 16.5 Å². The number of hydrogen-bond donors (Lipinski definition) is 2. The lowest BCUT2D eigenvalue weighted by atomic mass is 9.92. The SMILES string of the molecule is O=c1c(Nc2ccc(C(F)(F)F)cc2)c(NC2CCC(Oc3ccc([N+](=O)[O-])cc3)CC2)c1=O. The third-order valence-electron chi connectivity index (χ3n) is 5.76. The van der Waals surface area contributed by atoms with Gasteiger partial charge in [-0.15, -0.1) is 0 Å². The van der Waals surface area contributed by atoms with Crippen LogP contribution in [0.3, 0.4) is 0 Å². The van der Waals surface area contributed by atoms with Crippen molar-refractivity contribution in [3.8, 4) is 5.75 Å². The normalized spacial score (nSPS) is 18.4. The van der Waals surface area contributed by atoms with Gasteiger partial charge in [0.2, 0.25) is 0 Å². The van der Waals surface area contributed by atoms with Crippen LogP contribution in [0.15, 0.2) is 58.1 Å². The molecule has 34 heavy (non-hydrogen) atoms. The second-order valence-electron chi connectivity index (χ2n) is 8.10. The van der Waals surface area contributed by atoms with Crippen molar-refractivity contribution in [2.24, 2.45) is 0 Å². The first-order chi connectivity index (χ1) is 16.1. The molecular weight excluding hydrogens is 455 g/mol. The highest BCUT2D eigenvalue weighted by molar-refractivity contribution is 5.79. The Morgan fingerprint density at radius 3 is 2.03 bits per heavy atom. The summed E-state index contributed by atoms with van der Waals surface area (Å²) in [4.78, 5) is 34.3. The molecule has 8 nitrogen and oxygen atoms in total. The number of benzene rings is 2. The van der Waals surface area contributed by atoms with Gasteiger partial charge < -0.3 is 15.4 Å². The predicted octanol–water partition coefficient (Wildman–Crippen LogP) is 4.76. The first-order valence-corrected chi connectivity index (χ1v) is 10.6. The van der Waals surface area contributed by atoms with E-state index >= 15 is 0 Å². The van der Waals surface area contributed by atoms with Gasteiger partial charge in [-0.1, -0.05) is 0 Å². The van der Waals surface area contributed by atoms with E-state index in [1.165, 1.54) is 24.3 Å². The summed E-state index contributed by atoms with van der Waals surface area (Å²) in [5.41, 5.74) is -1.79. The van der Waals surface area contributed by atoms with Crippen LogP contribution >= 0.6 is 0 Å². The summed E-state index contributed by atoms with van der Waals surface area (Å²) in [6, 6.07) is 9.96. The Balaban J connectivity index is 1.33. The predicted molar refractivity (Wildman–Crippen MR) is 119 cm³/mol. The molecule has 4 rings (SSSR count). The molecule has 11 heteroatoms. The molecule has 0 aromatic heterocycles. The molecule has 0 saturated heterocycles. The number of hydrogen-bond acceptors (Lipinski definition) is 7. The lowest BCUT2D eigenvalue weighted by Gasteiger charge is -2.30. The molecule has 0 aliphatic heterocycles. The second kappa shape index (κ2) is 9.16. The standard InChI is InChI=1S/C23H20F3N3O5/c24-23(25,26)13-1-3-14(4-2-13)27-19-20(22(31)21(19)30)28-15-5-9-17(10-6-15)34-18-11-7-16(8-12-18)29(32)33/h1-4,7-8,11-12,15,17,27-28H,5-6,9-10H2. The second-order valence-corrected chi connectivity index (χ2v) is 8.10. The highest BCUT2D eigenvalue weighted by atomic mass is 19.4. The van der Waals surface area contributed by atoms with Crippen LogP contribution in [0, 0.1) is 10.1 Å². The van der Waals surface area contributed by atoms with Crippen LogP contribution in [0.2, 0.25) is 0 Å². The van der Waals surface area contributed by atoms with Crippen molar-refractivity contribution < 1.29 is 22.8 Å². The highest BCUT2D eigenvalue weighted by Gasteiger charge is 2.31. The van der Waals surface area contributed by atoms with E-state index in [1.807, 2.05) is 0 Å². The van der Waals surface area contributed by atoms with Crippen LogP contribution in [-0.2, 0) is 6.18 Å². The largest absolute Gasteiger partial charge is 0.490 e. The number of anilines is 3. The zero-order chi connectivity index (χ0) is 24.5. The van der Waals surface area contributed by atoms with E-state index in [2.05, 4.69) is 10.6 Å². The van der Waals surface area contributed by atoms with Crippen molar-refractivity contribution in [1.29, 1.82) is 0 Å². The maximum Gasteiger partial charge on any atom is 0.416 e. The fraction of sp³-hybridized carbons (Fsp3) is 0.304. The van der Waals surface area contributed by atoms with Crippen LogP contribution in [-0.4, -0.2) is 17.1 Å². The van der Waals surface area contributed by atoms with Crippen molar-refractivity contribution in [2.45, 2.75) is 44.0 Å². The first-order valence-electron chi connectivity index (χ1n) is 10.6. The number of alkyl halides is 3. The number of nitrogens with one attached hydrogen (secondary N) is 2. The van der Waals surface area contributed by atoms with Crippen molar-refractivity contribution in [3.63, 3.8) is 0 Å². The van der Waals surface area contributed by atoms with Gasteiger partial charge in [-0.2, -0.15) is 13.2 Å². The summed E-state index contributed by atoms with van der Waals surface area (Å²) < 4.78 is 44.0. The number of nitrogens with zero attached hydrogens (tertiary/aromatic N) is 1. The molecule has 0 bridgehead atoms. The molecule has 0 radical (unpaired) electrons. The molecular formula is C23H20F3N3O5. The van der Waals surface area contributed by atoms with Gasteiger partial charge in [0.05, 0.1) is 16.6 Å². The van der Waals surface area contributed by atoms with Crippen LogP contribution in [0.25, 0.3) is 0 Å². The highest BCUT2D eigenvalue weighted by Crippen LogP contribution is 2.32. The number of nitro groups is 1. The smallest absolute Gasteiger partial charge is 0.416 e. The molecule has 178 valence electrons. The van der Waals surface area contributed by atoms with E-state index < -0.39 is 27.5 Å². The molecule has 2 N–H and O–H groups in total. The molecule has 0 heterocycles. The summed E-state index contributed by atoms with van der Waals surface area (Å²) in [5, 5.41) is 16.6. The first kappa shape index (κ1) is 23.3. The third kappa shape index (κ3) is 5.03. The van der Waals surface area contributed by atoms with Crippen LogP contribution < -0.4 is 26.2 Å². The summed E-state index contributed by atoms with van der Waals surface area (Å²) in [6.45, 7) is 0. The minimum Gasteiger partial charge on any atom is -0.490 e. The average Bonchev–Trinajstić information content (AvgIpc) is 2.82. The summed E-state index contributed by atoms with van der Waals surface area (Å²) in [6.07, 6.45) is -1.88. The Bertz CT molecular complexity index is 1240. The number of ether oxygens (including phenoxy) is 1. The minimum atomic E-state index is -4.46. The molecule has 0 unspecified atom stereocenters. The van der Waals surface area contributed by atoms with E-state index in [4.69, 9.17) is 4.74 Å². The summed E-state index contributed by atoms with van der Waals surface area (Å²) in [7, 11) is 0. The van der Waals surface area contributed by atoms with Crippen LogP contribution in [0.1, 0.15) is 31.2 Å². The Labute approximate surface area is 191 Å². The van der Waals surface area contributed by atoms with Gasteiger partial charge in [-0.25, -0.2) is 0 Å². The molecule has 1 fully saturated rings. The fourth-order valence-corrected chi connectivity index (χ4v) is 3.90. The zero-order valence-electron chi connectivity index (χ0n) is 17.7. The molecule has 0 spiro atoms. The van der Waals surface area contributed by atoms with Gasteiger partial charge in [-0.05, 0) is 62.1 Å². The van der Waals surface area contributed by atoms with E-state index in [-0.39, 0.29) is 34.9 Å². The molecule has 3 aromatic rings. The van der Waals surface area contributed by atoms with Gasteiger partial charge in [0, 0.05) is 23.9 Å². The number of non-ortho nitro benzene ring substituents is 1. The average molecular weight is 475 g/mol. The van der Waals surface area contributed by atoms with Gasteiger partial charge in [0.15, 0.2) is 0 Å². The Morgan fingerprint density at radius 1 is 0.882 bits per heavy atom. The number of rotatable bonds is 7. The quantitative estimate of drug-likeness (QED) is 0.288. The maximum absolute atomic E-state index is 12.7. The lowest BCUT2D eigenvalue weighted by Crippen LogP contribution is -2.40. The van der Waals surface area contributed by atoms with Gasteiger partial charge in [-0.3, -0.25) is 19.7 Å². The fourth-order valence-electron chi connectivity index (χ4n) is 3.90. The summed E-state index contributed by atoms with van der Waals surface area (Å²) >= 11 is 0. The lowest BCUT2D eigenvalue weighted by molar-refractivity contribution is -0.384. The number of nitro benzene ring substituents is 1. The zero-order valence-corrected chi connectivity index (χ0v) is 17.7. The minimum absolute atomic E-state index is 0.0195. The van der Waals surface area contributed by atoms with Crippen molar-refractivity contribution in [2.75, 3.05) is 10.6 Å². The number of halogens is 3. The molecule has 3 aromatic carbocycles. The molecule has 1 saturated carbocycles. The monoisotopic (exact) mass is 475 g/mol. The van der Waals surface area contributed by atoms with Gasteiger partial charge >= 0.3 is 6.18 Å². The maximum atomic E-state index is 12.7. The van der Waals surface area contributed by atoms with Crippen molar-refractivity contribution in [1.82, 2.24) is 0 Å². The third-order valence-corrected chi connectivity index (χ3v) is 5.76. The Hall–Kier alpha value is -3.89.